The van der Waals surface area contributed by atoms with Crippen LogP contribution in [0, 0.1) is 54.6 Å². The van der Waals surface area contributed by atoms with Gasteiger partial charge in [-0.1, -0.05) is 66.2 Å². The second-order valence-corrected chi connectivity index (χ2v) is 5.45. The van der Waals surface area contributed by atoms with Crippen molar-refractivity contribution in [3.05, 3.63) is 39.8 Å². The van der Waals surface area contributed by atoms with Gasteiger partial charge in [-0.15, -0.1) is 5.56 Å². The zero-order chi connectivity index (χ0) is 18.7. The van der Waals surface area contributed by atoms with Crippen LogP contribution < -0.4 is 5.56 Å². The van der Waals surface area contributed by atoms with Gasteiger partial charge in [0.25, 0.3) is 0 Å². The molecule has 1 aromatic rings. The van der Waals surface area contributed by atoms with E-state index in [9.17, 15) is 14.7 Å². The van der Waals surface area contributed by atoms with Crippen LogP contribution in [0.4, 0.5) is 0 Å². The first-order valence-corrected chi connectivity index (χ1v) is 9.05. The molecule has 1 heterocycles. The molecule has 1 fully saturated rings. The summed E-state index contributed by atoms with van der Waals surface area (Å²) in [5, 5.41) is 9.91. The van der Waals surface area contributed by atoms with E-state index >= 15 is 0 Å². The number of carbonyl (C=O) groups is 1. The van der Waals surface area contributed by atoms with Gasteiger partial charge in [0.15, 0.2) is 5.78 Å². The van der Waals surface area contributed by atoms with Gasteiger partial charge in [-0.3, -0.25) is 4.79 Å². The van der Waals surface area contributed by atoms with E-state index in [4.69, 9.17) is 0 Å². The molecule has 0 aromatic carbocycles. The molecule has 0 amide bonds. The minimum absolute atomic E-state index is 0. The van der Waals surface area contributed by atoms with Crippen molar-refractivity contribution < 1.29 is 45.5 Å². The zero-order valence-corrected chi connectivity index (χ0v) is 20.2. The number of allylic oxidation sites excluding steroid dienone is 2. The summed E-state index contributed by atoms with van der Waals surface area (Å²) in [6.07, 6.45) is 11.8. The molecule has 25 heavy (non-hydrogen) atoms. The fourth-order valence-electron chi connectivity index (χ4n) is 2.67. The van der Waals surface area contributed by atoms with E-state index < -0.39 is 11.3 Å². The third-order valence-corrected chi connectivity index (χ3v) is 3.86. The Labute approximate surface area is 180 Å². The van der Waals surface area contributed by atoms with Gasteiger partial charge in [-0.25, -0.2) is 0 Å². The maximum Gasteiger partial charge on any atom is 0.170 e. The molecule has 0 atom stereocenters. The fourth-order valence-corrected chi connectivity index (χ4v) is 2.67. The maximum absolute atomic E-state index is 12.2. The van der Waals surface area contributed by atoms with Gasteiger partial charge in [0, 0.05) is 46.9 Å². The van der Waals surface area contributed by atoms with Gasteiger partial charge in [0.05, 0.1) is 0 Å². The summed E-state index contributed by atoms with van der Waals surface area (Å²) in [4.78, 5) is 24.1. The standard InChI is InChI=1S/C16H20NO3.2C2H6.La/c1-11-10-17(2)16(20)14(15(11)19)13(18)9-8-12-6-4-3-5-7-12;2*1-2;/h8-9,12,19H,3-7H2,1-2H3;2*1-2H3;/q-1;;;/b9-8+;;;. The van der Waals surface area contributed by atoms with E-state index in [0.29, 0.717) is 11.5 Å². The zero-order valence-electron chi connectivity index (χ0n) is 16.6. The van der Waals surface area contributed by atoms with Crippen LogP contribution in [0.5, 0.6) is 5.75 Å². The maximum atomic E-state index is 12.2. The number of hydrogen-bond donors (Lipinski definition) is 1. The van der Waals surface area contributed by atoms with Gasteiger partial charge < -0.3 is 14.5 Å². The van der Waals surface area contributed by atoms with Crippen molar-refractivity contribution in [3.8, 4) is 5.75 Å². The Hall–Kier alpha value is -0.645. The summed E-state index contributed by atoms with van der Waals surface area (Å²) in [5.74, 6) is -0.271. The molecule has 0 spiro atoms. The molecule has 0 bridgehead atoms. The van der Waals surface area contributed by atoms with Crippen LogP contribution in [-0.2, 0) is 7.05 Å². The molecule has 2 rings (SSSR count). The third kappa shape index (κ3) is 8.06. The van der Waals surface area contributed by atoms with Crippen LogP contribution in [0.1, 0.15) is 75.7 Å². The fraction of sp³-hybridized carbons (Fsp3) is 0.600. The average Bonchev–Trinajstić information content (AvgIpc) is 2.63. The van der Waals surface area contributed by atoms with Crippen molar-refractivity contribution in [3.63, 3.8) is 0 Å². The van der Waals surface area contributed by atoms with Gasteiger partial charge in [0.2, 0.25) is 0 Å². The van der Waals surface area contributed by atoms with E-state index in [-0.39, 0.29) is 46.9 Å². The number of aromatic hydroxyl groups is 1. The predicted octanol–water partition coefficient (Wildman–Crippen LogP) is 4.57. The minimum Gasteiger partial charge on any atom is -0.565 e. The minimum atomic E-state index is -0.508. The van der Waals surface area contributed by atoms with Crippen LogP contribution in [0.25, 0.3) is 0 Å². The van der Waals surface area contributed by atoms with E-state index in [1.165, 1.54) is 37.0 Å². The first-order chi connectivity index (χ1) is 11.5. The molecule has 139 valence electrons. The second-order valence-electron chi connectivity index (χ2n) is 5.45. The molecule has 1 saturated carbocycles. The van der Waals surface area contributed by atoms with Gasteiger partial charge in [-0.2, -0.15) is 0 Å². The summed E-state index contributed by atoms with van der Waals surface area (Å²) in [5.41, 5.74) is -0.260. The van der Waals surface area contributed by atoms with Crippen LogP contribution in [-0.4, -0.2) is 15.5 Å². The Morgan fingerprint density at radius 2 is 1.68 bits per heavy atom. The van der Waals surface area contributed by atoms with Crippen LogP contribution in [0.15, 0.2) is 16.9 Å². The number of nitrogens with zero attached hydrogens (tertiary/aromatic N) is 1. The Morgan fingerprint density at radius 3 is 2.20 bits per heavy atom. The summed E-state index contributed by atoms with van der Waals surface area (Å²) in [6.45, 7) is 9.62. The van der Waals surface area contributed by atoms with Gasteiger partial charge in [0.1, 0.15) is 5.56 Å². The molecule has 1 N–H and O–H groups in total. The topological polar surface area (TPSA) is 59.3 Å². The quantitative estimate of drug-likeness (QED) is 0.398. The predicted molar refractivity (Wildman–Crippen MR) is 99.7 cm³/mol. The SMILES string of the molecule is CC.CC.Cc1[c-]n(C)c(=O)c(C(=O)/C=C/C2CCCCC2)c1O.[La]. The number of ketones is 1. The van der Waals surface area contributed by atoms with Crippen LogP contribution >= 0.6 is 0 Å². The number of rotatable bonds is 3. The van der Waals surface area contributed by atoms with Crippen molar-refractivity contribution in [2.45, 2.75) is 66.7 Å². The number of aromatic nitrogens is 1. The number of aryl methyl sites for hydroxylation is 2. The summed E-state index contributed by atoms with van der Waals surface area (Å²) >= 11 is 0. The Bertz CT molecular complexity index is 600. The van der Waals surface area contributed by atoms with Gasteiger partial charge in [-0.05, 0) is 31.9 Å². The molecule has 0 saturated heterocycles. The van der Waals surface area contributed by atoms with Crippen LogP contribution in [0.3, 0.4) is 0 Å². The molecular weight excluding hydrogens is 441 g/mol. The molecule has 1 aliphatic carbocycles. The Balaban J connectivity index is 0. The molecule has 1 radical (unpaired) electrons. The second kappa shape index (κ2) is 14.5. The van der Waals surface area contributed by atoms with Gasteiger partial charge >= 0.3 is 0 Å². The molecule has 0 unspecified atom stereocenters. The van der Waals surface area contributed by atoms with Crippen molar-refractivity contribution in [2.24, 2.45) is 13.0 Å². The number of carbonyl (C=O) groups excluding carboxylic acids is 1. The monoisotopic (exact) mass is 473 g/mol. The van der Waals surface area contributed by atoms with Crippen molar-refractivity contribution in [1.29, 1.82) is 0 Å². The molecule has 4 nitrogen and oxygen atoms in total. The number of hydrogen-bond acceptors (Lipinski definition) is 3. The summed E-state index contributed by atoms with van der Waals surface area (Å²) < 4.78 is 1.21. The van der Waals surface area contributed by atoms with Crippen molar-refractivity contribution in [2.75, 3.05) is 0 Å². The number of pyridine rings is 1. The molecule has 1 aliphatic rings. The molecule has 5 heteroatoms. The van der Waals surface area contributed by atoms with E-state index in [1.807, 2.05) is 33.8 Å². The molecule has 1 aromatic heterocycles. The van der Waals surface area contributed by atoms with Crippen LogP contribution in [0.2, 0.25) is 0 Å². The molecular formula is C20H32LaNO3-. The normalized spacial score (nSPS) is 13.8. The van der Waals surface area contributed by atoms with Crippen molar-refractivity contribution in [1.82, 2.24) is 4.57 Å². The largest absolute Gasteiger partial charge is 0.565 e. The molecule has 0 aliphatic heterocycles. The van der Waals surface area contributed by atoms with Crippen molar-refractivity contribution >= 4 is 5.78 Å². The van der Waals surface area contributed by atoms with E-state index in [2.05, 4.69) is 6.20 Å². The van der Waals surface area contributed by atoms with E-state index in [1.54, 1.807) is 6.92 Å². The Morgan fingerprint density at radius 1 is 1.16 bits per heavy atom. The summed E-state index contributed by atoms with van der Waals surface area (Å²) in [6, 6.07) is 0. The first kappa shape index (κ1) is 26.6. The van der Waals surface area contributed by atoms with E-state index in [0.717, 1.165) is 12.8 Å². The summed E-state index contributed by atoms with van der Waals surface area (Å²) in [7, 11) is 1.52. The Kier molecular flexibility index (Phi) is 15.4. The smallest absolute Gasteiger partial charge is 0.170 e. The third-order valence-electron chi connectivity index (χ3n) is 3.86. The average molecular weight is 473 g/mol. The first-order valence-electron chi connectivity index (χ1n) is 9.05.